The van der Waals surface area contributed by atoms with E-state index in [4.69, 9.17) is 11.6 Å². The van der Waals surface area contributed by atoms with Gasteiger partial charge in [-0.2, -0.15) is 0 Å². The summed E-state index contributed by atoms with van der Waals surface area (Å²) in [7, 11) is 1.30. The van der Waals surface area contributed by atoms with Crippen molar-refractivity contribution in [3.63, 3.8) is 0 Å². The summed E-state index contributed by atoms with van der Waals surface area (Å²) in [6, 6.07) is 5.85. The minimum atomic E-state index is -0.676. The maximum absolute atomic E-state index is 12.7. The average Bonchev–Trinajstić information content (AvgIpc) is 3.17. The molecule has 0 saturated heterocycles. The van der Waals surface area contributed by atoms with Crippen LogP contribution in [-0.2, 0) is 9.53 Å². The Morgan fingerprint density at radius 2 is 1.96 bits per heavy atom. The zero-order valence-electron chi connectivity index (χ0n) is 15.0. The summed E-state index contributed by atoms with van der Waals surface area (Å²) in [5.41, 5.74) is 1.26. The van der Waals surface area contributed by atoms with E-state index >= 15 is 0 Å². The minimum Gasteiger partial charge on any atom is -0.467 e. The summed E-state index contributed by atoms with van der Waals surface area (Å²) >= 11 is 5.87. The van der Waals surface area contributed by atoms with E-state index in [1.807, 2.05) is 13.0 Å². The molecule has 0 fully saturated rings. The number of halogens is 1. The van der Waals surface area contributed by atoms with Crippen LogP contribution in [0.1, 0.15) is 36.1 Å². The lowest BCUT2D eigenvalue weighted by Gasteiger charge is -2.27. The van der Waals surface area contributed by atoms with Gasteiger partial charge in [-0.25, -0.2) is 4.79 Å². The SMILES string of the molecule is COC(=O)C(C)n1nnc(C2=CC(C)N(C(=O)c3ccc(Cl)cc3)C=C2)n1. The molecule has 0 N–H and O–H groups in total. The van der Waals surface area contributed by atoms with Crippen LogP contribution < -0.4 is 0 Å². The highest BCUT2D eigenvalue weighted by Crippen LogP contribution is 2.22. The first-order valence-corrected chi connectivity index (χ1v) is 8.64. The fourth-order valence-electron chi connectivity index (χ4n) is 2.60. The Morgan fingerprint density at radius 1 is 1.26 bits per heavy atom. The summed E-state index contributed by atoms with van der Waals surface area (Å²) in [4.78, 5) is 27.1. The van der Waals surface area contributed by atoms with Gasteiger partial charge in [-0.1, -0.05) is 17.7 Å². The van der Waals surface area contributed by atoms with Gasteiger partial charge in [-0.3, -0.25) is 4.79 Å². The molecule has 0 radical (unpaired) electrons. The predicted molar refractivity (Wildman–Crippen MR) is 98.7 cm³/mol. The molecule has 2 aromatic rings. The zero-order chi connectivity index (χ0) is 19.6. The number of hydrogen-bond acceptors (Lipinski definition) is 6. The van der Waals surface area contributed by atoms with Gasteiger partial charge in [-0.05, 0) is 49.4 Å². The van der Waals surface area contributed by atoms with E-state index in [0.29, 0.717) is 22.0 Å². The van der Waals surface area contributed by atoms with Gasteiger partial charge in [0.1, 0.15) is 0 Å². The molecule has 2 heterocycles. The third-order valence-corrected chi connectivity index (χ3v) is 4.43. The van der Waals surface area contributed by atoms with Gasteiger partial charge in [0.25, 0.3) is 5.91 Å². The third kappa shape index (κ3) is 3.90. The topological polar surface area (TPSA) is 90.2 Å². The van der Waals surface area contributed by atoms with Crippen LogP contribution in [-0.4, -0.2) is 50.1 Å². The Labute approximate surface area is 161 Å². The Morgan fingerprint density at radius 3 is 2.59 bits per heavy atom. The molecule has 0 bridgehead atoms. The largest absolute Gasteiger partial charge is 0.467 e. The van der Waals surface area contributed by atoms with Gasteiger partial charge in [0.05, 0.1) is 13.2 Å². The number of nitrogens with zero attached hydrogens (tertiary/aromatic N) is 5. The van der Waals surface area contributed by atoms with Crippen molar-refractivity contribution in [2.75, 3.05) is 7.11 Å². The molecule has 2 atom stereocenters. The third-order valence-electron chi connectivity index (χ3n) is 4.18. The summed E-state index contributed by atoms with van der Waals surface area (Å²) < 4.78 is 4.68. The van der Waals surface area contributed by atoms with Crippen LogP contribution in [0.2, 0.25) is 5.02 Å². The van der Waals surface area contributed by atoms with Crippen molar-refractivity contribution >= 4 is 29.1 Å². The van der Waals surface area contributed by atoms with Crippen molar-refractivity contribution in [1.82, 2.24) is 25.1 Å². The van der Waals surface area contributed by atoms with E-state index in [1.54, 1.807) is 48.4 Å². The van der Waals surface area contributed by atoms with Crippen LogP contribution in [0.4, 0.5) is 0 Å². The van der Waals surface area contributed by atoms with Crippen LogP contribution in [0.15, 0.2) is 42.6 Å². The maximum Gasteiger partial charge on any atom is 0.332 e. The fraction of sp³-hybridized carbons (Fsp3) is 0.278. The molecule has 27 heavy (non-hydrogen) atoms. The van der Waals surface area contributed by atoms with E-state index in [2.05, 4.69) is 20.1 Å². The van der Waals surface area contributed by atoms with Crippen LogP contribution >= 0.6 is 11.6 Å². The molecule has 2 unspecified atom stereocenters. The summed E-state index contributed by atoms with van der Waals surface area (Å²) in [6.45, 7) is 3.51. The number of esters is 1. The highest BCUT2D eigenvalue weighted by atomic mass is 35.5. The van der Waals surface area contributed by atoms with Crippen LogP contribution in [0.3, 0.4) is 0 Å². The van der Waals surface area contributed by atoms with E-state index in [-0.39, 0.29) is 11.9 Å². The lowest BCUT2D eigenvalue weighted by Crippen LogP contribution is -2.34. The van der Waals surface area contributed by atoms with Crippen molar-refractivity contribution in [3.8, 4) is 0 Å². The van der Waals surface area contributed by atoms with Crippen molar-refractivity contribution in [2.24, 2.45) is 0 Å². The lowest BCUT2D eigenvalue weighted by atomic mass is 10.1. The summed E-state index contributed by atoms with van der Waals surface area (Å²) in [5, 5.41) is 12.7. The number of aromatic nitrogens is 4. The number of methoxy groups -OCH3 is 1. The van der Waals surface area contributed by atoms with Crippen molar-refractivity contribution in [2.45, 2.75) is 25.9 Å². The second kappa shape index (κ2) is 7.71. The Kier molecular flexibility index (Phi) is 5.36. The van der Waals surface area contributed by atoms with Crippen molar-refractivity contribution in [3.05, 3.63) is 59.0 Å². The van der Waals surface area contributed by atoms with E-state index in [9.17, 15) is 9.59 Å². The number of allylic oxidation sites excluding steroid dienone is 2. The molecule has 1 aliphatic rings. The minimum absolute atomic E-state index is 0.137. The standard InChI is InChI=1S/C18H18ClN5O3/c1-11-10-14(16-20-22-24(21-16)12(2)18(26)27-3)8-9-23(11)17(25)13-4-6-15(19)7-5-13/h4-12H,1-3H3. The second-order valence-electron chi connectivity index (χ2n) is 6.03. The van der Waals surface area contributed by atoms with E-state index in [1.165, 1.54) is 11.9 Å². The van der Waals surface area contributed by atoms with Crippen molar-refractivity contribution in [1.29, 1.82) is 0 Å². The van der Waals surface area contributed by atoms with Gasteiger partial charge >= 0.3 is 5.97 Å². The molecule has 140 valence electrons. The van der Waals surface area contributed by atoms with Gasteiger partial charge in [0.15, 0.2) is 6.04 Å². The molecule has 1 aliphatic heterocycles. The monoisotopic (exact) mass is 387 g/mol. The molecule has 0 saturated carbocycles. The second-order valence-corrected chi connectivity index (χ2v) is 6.47. The summed E-state index contributed by atoms with van der Waals surface area (Å²) in [5.74, 6) is -0.227. The Balaban J connectivity index is 1.76. The predicted octanol–water partition coefficient (Wildman–Crippen LogP) is 2.50. The van der Waals surface area contributed by atoms with Gasteiger partial charge < -0.3 is 9.64 Å². The smallest absolute Gasteiger partial charge is 0.332 e. The zero-order valence-corrected chi connectivity index (χ0v) is 15.8. The normalized spacial score (nSPS) is 17.4. The molecular weight excluding hydrogens is 370 g/mol. The first kappa shape index (κ1) is 18.8. The van der Waals surface area contributed by atoms with Crippen LogP contribution in [0.5, 0.6) is 0 Å². The highest BCUT2D eigenvalue weighted by molar-refractivity contribution is 6.30. The molecule has 0 spiro atoms. The number of hydrogen-bond donors (Lipinski definition) is 0. The molecule has 8 nitrogen and oxygen atoms in total. The average molecular weight is 388 g/mol. The number of tetrazole rings is 1. The lowest BCUT2D eigenvalue weighted by molar-refractivity contribution is -0.144. The molecule has 3 rings (SSSR count). The fourth-order valence-corrected chi connectivity index (χ4v) is 2.73. The molecule has 1 amide bonds. The van der Waals surface area contributed by atoms with Crippen molar-refractivity contribution < 1.29 is 14.3 Å². The van der Waals surface area contributed by atoms with Crippen LogP contribution in [0.25, 0.3) is 5.57 Å². The number of ether oxygens (including phenoxy) is 1. The number of rotatable bonds is 4. The number of amides is 1. The van der Waals surface area contributed by atoms with Gasteiger partial charge in [0.2, 0.25) is 5.82 Å². The molecular formula is C18H18ClN5O3. The molecule has 1 aromatic carbocycles. The molecule has 1 aromatic heterocycles. The number of carbonyl (C=O) groups excluding carboxylic acids is 2. The molecule has 0 aliphatic carbocycles. The highest BCUT2D eigenvalue weighted by Gasteiger charge is 2.24. The number of benzene rings is 1. The van der Waals surface area contributed by atoms with E-state index < -0.39 is 12.0 Å². The maximum atomic E-state index is 12.7. The quantitative estimate of drug-likeness (QED) is 0.749. The van der Waals surface area contributed by atoms with Crippen LogP contribution in [0, 0.1) is 0 Å². The molecule has 9 heteroatoms. The first-order valence-electron chi connectivity index (χ1n) is 8.26. The van der Waals surface area contributed by atoms with Gasteiger partial charge in [0, 0.05) is 22.4 Å². The summed E-state index contributed by atoms with van der Waals surface area (Å²) in [6.07, 6.45) is 5.28. The Hall–Kier alpha value is -3.00. The Bertz CT molecular complexity index is 919. The first-order chi connectivity index (χ1) is 12.9. The van der Waals surface area contributed by atoms with Gasteiger partial charge in [-0.15, -0.1) is 15.0 Å². The number of carbonyl (C=O) groups is 2. The van der Waals surface area contributed by atoms with E-state index in [0.717, 1.165) is 0 Å².